The first-order chi connectivity index (χ1) is 11.6. The van der Waals surface area contributed by atoms with Crippen molar-refractivity contribution < 1.29 is 9.59 Å². The summed E-state index contributed by atoms with van der Waals surface area (Å²) in [6.45, 7) is 2.48. The first-order valence-electron chi connectivity index (χ1n) is 8.53. The third-order valence-electron chi connectivity index (χ3n) is 5.03. The van der Waals surface area contributed by atoms with Crippen molar-refractivity contribution >= 4 is 11.7 Å². The highest BCUT2D eigenvalue weighted by molar-refractivity contribution is 6.09. The van der Waals surface area contributed by atoms with Crippen molar-refractivity contribution in [1.82, 2.24) is 10.3 Å². The number of nitrogens with one attached hydrogen (secondary N) is 1. The molecule has 2 aliphatic rings. The molecule has 4 rings (SSSR count). The van der Waals surface area contributed by atoms with Crippen molar-refractivity contribution in [2.75, 3.05) is 6.54 Å². The van der Waals surface area contributed by atoms with E-state index in [4.69, 9.17) is 0 Å². The Hall–Kier alpha value is -2.49. The average molecular weight is 320 g/mol. The van der Waals surface area contributed by atoms with Crippen LogP contribution in [0.15, 0.2) is 30.3 Å². The minimum atomic E-state index is -0.156. The number of amides is 1. The number of hydrogen-bond acceptors (Lipinski definition) is 3. The zero-order chi connectivity index (χ0) is 16.7. The molecule has 24 heavy (non-hydrogen) atoms. The Balaban J connectivity index is 1.53. The monoisotopic (exact) mass is 320 g/mol. The smallest absolute Gasteiger partial charge is 0.252 e. The van der Waals surface area contributed by atoms with E-state index in [1.165, 1.54) is 11.1 Å². The molecule has 0 radical (unpaired) electrons. The van der Waals surface area contributed by atoms with Crippen LogP contribution in [0, 0.1) is 6.92 Å². The van der Waals surface area contributed by atoms with E-state index < -0.39 is 0 Å². The molecular formula is C20H20N2O2. The van der Waals surface area contributed by atoms with Gasteiger partial charge in [0.05, 0.1) is 16.8 Å². The van der Waals surface area contributed by atoms with Gasteiger partial charge in [0.1, 0.15) is 0 Å². The number of fused-ring (bicyclic) bond motifs is 2. The van der Waals surface area contributed by atoms with Gasteiger partial charge in [-0.3, -0.25) is 14.6 Å². The molecule has 0 aliphatic heterocycles. The van der Waals surface area contributed by atoms with Crippen molar-refractivity contribution in [3.05, 3.63) is 64.0 Å². The lowest BCUT2D eigenvalue weighted by molar-refractivity contribution is 0.0923. The number of nitrogens with zero attached hydrogens (tertiary/aromatic N) is 1. The van der Waals surface area contributed by atoms with E-state index in [2.05, 4.69) is 22.4 Å². The maximum atomic E-state index is 12.7. The molecule has 0 saturated heterocycles. The second kappa shape index (κ2) is 5.86. The molecule has 0 fully saturated rings. The molecule has 1 aromatic carbocycles. The largest absolute Gasteiger partial charge is 0.351 e. The van der Waals surface area contributed by atoms with E-state index in [1.807, 2.05) is 19.1 Å². The Morgan fingerprint density at radius 1 is 1.29 bits per heavy atom. The van der Waals surface area contributed by atoms with Crippen LogP contribution >= 0.6 is 0 Å². The fourth-order valence-corrected chi connectivity index (χ4v) is 3.81. The zero-order valence-electron chi connectivity index (χ0n) is 13.8. The molecule has 0 bridgehead atoms. The maximum Gasteiger partial charge on any atom is 0.252 e. The van der Waals surface area contributed by atoms with E-state index in [-0.39, 0.29) is 11.7 Å². The molecule has 1 aromatic heterocycles. The summed E-state index contributed by atoms with van der Waals surface area (Å²) in [4.78, 5) is 29.4. The predicted octanol–water partition coefficient (Wildman–Crippen LogP) is 2.98. The fourth-order valence-electron chi connectivity index (χ4n) is 3.81. The summed E-state index contributed by atoms with van der Waals surface area (Å²) < 4.78 is 0. The molecule has 4 heteroatoms. The number of Topliss-reactive ketones (excluding diaryl/α,β-unsaturated/α-hetero) is 1. The number of ketones is 1. The molecule has 1 unspecified atom stereocenters. The first-order valence-corrected chi connectivity index (χ1v) is 8.53. The van der Waals surface area contributed by atoms with Crippen LogP contribution in [0.25, 0.3) is 0 Å². The third kappa shape index (κ3) is 2.52. The highest BCUT2D eigenvalue weighted by atomic mass is 16.2. The summed E-state index contributed by atoms with van der Waals surface area (Å²) >= 11 is 0. The zero-order valence-corrected chi connectivity index (χ0v) is 13.8. The van der Waals surface area contributed by atoms with E-state index in [1.54, 1.807) is 6.07 Å². The highest BCUT2D eigenvalue weighted by Gasteiger charge is 2.28. The number of carbonyl (C=O) groups excluding carboxylic acids is 2. The van der Waals surface area contributed by atoms with Gasteiger partial charge in [-0.1, -0.05) is 24.3 Å². The highest BCUT2D eigenvalue weighted by Crippen LogP contribution is 2.34. The van der Waals surface area contributed by atoms with Gasteiger partial charge in [0.25, 0.3) is 5.91 Å². The van der Waals surface area contributed by atoms with Crippen LogP contribution in [-0.4, -0.2) is 23.2 Å². The van der Waals surface area contributed by atoms with Crippen LogP contribution in [-0.2, 0) is 12.8 Å². The summed E-state index contributed by atoms with van der Waals surface area (Å²) in [5, 5.41) is 3.02. The Morgan fingerprint density at radius 2 is 2.12 bits per heavy atom. The number of hydrogen-bond donors (Lipinski definition) is 1. The van der Waals surface area contributed by atoms with Crippen molar-refractivity contribution in [2.45, 2.75) is 38.5 Å². The van der Waals surface area contributed by atoms with Gasteiger partial charge in [0, 0.05) is 24.6 Å². The average Bonchev–Trinajstić information content (AvgIpc) is 2.54. The topological polar surface area (TPSA) is 59.1 Å². The van der Waals surface area contributed by atoms with Crippen molar-refractivity contribution in [2.24, 2.45) is 0 Å². The maximum absolute atomic E-state index is 12.7. The lowest BCUT2D eigenvalue weighted by atomic mass is 9.77. The van der Waals surface area contributed by atoms with Gasteiger partial charge in [-0.05, 0) is 43.4 Å². The summed E-state index contributed by atoms with van der Waals surface area (Å²) in [5.74, 6) is 0.263. The molecule has 4 nitrogen and oxygen atoms in total. The summed E-state index contributed by atoms with van der Waals surface area (Å²) in [6, 6.07) is 10.1. The lowest BCUT2D eigenvalue weighted by Crippen LogP contribution is -2.34. The van der Waals surface area contributed by atoms with Gasteiger partial charge in [-0.25, -0.2) is 0 Å². The number of carbonyl (C=O) groups is 2. The van der Waals surface area contributed by atoms with E-state index in [0.29, 0.717) is 30.0 Å². The van der Waals surface area contributed by atoms with Crippen LogP contribution in [0.4, 0.5) is 0 Å². The molecule has 0 saturated carbocycles. The molecule has 1 N–H and O–H groups in total. The van der Waals surface area contributed by atoms with E-state index in [9.17, 15) is 9.59 Å². The second-order valence-corrected chi connectivity index (χ2v) is 6.72. The van der Waals surface area contributed by atoms with Gasteiger partial charge >= 0.3 is 0 Å². The Kier molecular flexibility index (Phi) is 3.68. The SMILES string of the molecule is Cc1cc(C(=O)NCC2Cc3ccccc32)c2c(n1)CCCC2=O. The van der Waals surface area contributed by atoms with Crippen LogP contribution in [0.2, 0.25) is 0 Å². The number of benzene rings is 1. The minimum Gasteiger partial charge on any atom is -0.351 e. The molecular weight excluding hydrogens is 300 g/mol. The minimum absolute atomic E-state index is 0.0443. The molecule has 2 aliphatic carbocycles. The number of pyridine rings is 1. The van der Waals surface area contributed by atoms with Crippen molar-refractivity contribution in [3.63, 3.8) is 0 Å². The van der Waals surface area contributed by atoms with Crippen LogP contribution < -0.4 is 5.32 Å². The van der Waals surface area contributed by atoms with Gasteiger partial charge < -0.3 is 5.32 Å². The van der Waals surface area contributed by atoms with Gasteiger partial charge in [-0.2, -0.15) is 0 Å². The standard InChI is InChI=1S/C20H20N2O2/c1-12-9-16(19-17(22-12)7-4-8-18(19)23)20(24)21-11-14-10-13-5-2-3-6-15(13)14/h2-3,5-6,9,14H,4,7-8,10-11H2,1H3,(H,21,24). The first kappa shape index (κ1) is 15.1. The van der Waals surface area contributed by atoms with Gasteiger partial charge in [0.2, 0.25) is 0 Å². The number of aryl methyl sites for hydroxylation is 2. The Morgan fingerprint density at radius 3 is 2.96 bits per heavy atom. The van der Waals surface area contributed by atoms with Crippen molar-refractivity contribution in [1.29, 1.82) is 0 Å². The summed E-state index contributed by atoms with van der Waals surface area (Å²) in [7, 11) is 0. The molecule has 1 heterocycles. The number of aromatic nitrogens is 1. The van der Waals surface area contributed by atoms with E-state index in [0.717, 1.165) is 30.7 Å². The van der Waals surface area contributed by atoms with Gasteiger partial charge in [0.15, 0.2) is 5.78 Å². The normalized spacial score (nSPS) is 18.4. The van der Waals surface area contributed by atoms with Crippen LogP contribution in [0.1, 0.15) is 62.0 Å². The van der Waals surface area contributed by atoms with Crippen LogP contribution in [0.5, 0.6) is 0 Å². The third-order valence-corrected chi connectivity index (χ3v) is 5.03. The summed E-state index contributed by atoms with van der Waals surface area (Å²) in [6.07, 6.45) is 3.11. The molecule has 1 atom stereocenters. The van der Waals surface area contributed by atoms with Gasteiger partial charge in [-0.15, -0.1) is 0 Å². The molecule has 122 valence electrons. The molecule has 2 aromatic rings. The fraction of sp³-hybridized carbons (Fsp3) is 0.350. The summed E-state index contributed by atoms with van der Waals surface area (Å²) in [5.41, 5.74) is 5.30. The molecule has 1 amide bonds. The Labute approximate surface area is 141 Å². The van der Waals surface area contributed by atoms with Crippen molar-refractivity contribution in [3.8, 4) is 0 Å². The lowest BCUT2D eigenvalue weighted by Gasteiger charge is -2.30. The molecule has 0 spiro atoms. The Bertz CT molecular complexity index is 842. The number of rotatable bonds is 3. The predicted molar refractivity (Wildman–Crippen MR) is 91.5 cm³/mol. The van der Waals surface area contributed by atoms with E-state index >= 15 is 0 Å². The second-order valence-electron chi connectivity index (χ2n) is 6.72. The van der Waals surface area contributed by atoms with Crippen LogP contribution in [0.3, 0.4) is 0 Å². The quantitative estimate of drug-likeness (QED) is 0.946.